The molecule has 1 aromatic heterocycles. The Morgan fingerprint density at radius 2 is 2.14 bits per heavy atom. The molecule has 1 aromatic carbocycles. The van der Waals surface area contributed by atoms with Crippen molar-refractivity contribution in [2.24, 2.45) is 0 Å². The lowest BCUT2D eigenvalue weighted by molar-refractivity contribution is 0.252. The summed E-state index contributed by atoms with van der Waals surface area (Å²) in [6.07, 6.45) is 4.43. The van der Waals surface area contributed by atoms with Gasteiger partial charge in [0.15, 0.2) is 5.82 Å². The summed E-state index contributed by atoms with van der Waals surface area (Å²) in [6, 6.07) is 8.37. The number of para-hydroxylation sites is 1. The van der Waals surface area contributed by atoms with Gasteiger partial charge < -0.3 is 14.6 Å². The van der Waals surface area contributed by atoms with Crippen LogP contribution in [0.15, 0.2) is 28.8 Å². The zero-order chi connectivity index (χ0) is 14.1. The van der Waals surface area contributed by atoms with Gasteiger partial charge in [0, 0.05) is 0 Å². The Kier molecular flexibility index (Phi) is 3.35. The molecule has 0 bridgehead atoms. The molecule has 2 atom stereocenters. The first-order chi connectivity index (χ1) is 10.4. The van der Waals surface area contributed by atoms with Gasteiger partial charge in [-0.3, -0.25) is 0 Å². The Morgan fingerprint density at radius 3 is 3.05 bits per heavy atom. The van der Waals surface area contributed by atoms with Crippen molar-refractivity contribution in [3.8, 4) is 5.75 Å². The van der Waals surface area contributed by atoms with Crippen molar-refractivity contribution in [3.63, 3.8) is 0 Å². The second kappa shape index (κ2) is 5.48. The van der Waals surface area contributed by atoms with Gasteiger partial charge in [0.25, 0.3) is 0 Å². The summed E-state index contributed by atoms with van der Waals surface area (Å²) < 4.78 is 11.3. The Labute approximate surface area is 123 Å². The fraction of sp³-hybridized carbons (Fsp3) is 0.500. The Morgan fingerprint density at radius 1 is 1.19 bits per heavy atom. The van der Waals surface area contributed by atoms with Crippen LogP contribution in [0.3, 0.4) is 0 Å². The lowest BCUT2D eigenvalue weighted by Crippen LogP contribution is -2.27. The van der Waals surface area contributed by atoms with Crippen LogP contribution in [0.4, 0.5) is 0 Å². The van der Waals surface area contributed by atoms with Gasteiger partial charge >= 0.3 is 0 Å². The third-order valence-electron chi connectivity index (χ3n) is 4.31. The van der Waals surface area contributed by atoms with E-state index in [0.717, 1.165) is 36.9 Å². The molecule has 0 spiro atoms. The molecule has 2 aliphatic rings. The monoisotopic (exact) mass is 285 g/mol. The number of nitrogens with one attached hydrogen (secondary N) is 1. The second-order valence-electron chi connectivity index (χ2n) is 5.81. The number of nitrogens with zero attached hydrogens (tertiary/aromatic N) is 2. The van der Waals surface area contributed by atoms with Crippen LogP contribution in [-0.4, -0.2) is 23.3 Å². The lowest BCUT2D eigenvalue weighted by Gasteiger charge is -2.23. The summed E-state index contributed by atoms with van der Waals surface area (Å²) in [5.74, 6) is 2.66. The number of rotatable bonds is 2. The first-order valence-electron chi connectivity index (χ1n) is 7.68. The molecule has 2 unspecified atom stereocenters. The van der Waals surface area contributed by atoms with Crippen molar-refractivity contribution in [1.82, 2.24) is 15.5 Å². The average molecular weight is 285 g/mol. The van der Waals surface area contributed by atoms with Crippen LogP contribution in [0, 0.1) is 0 Å². The molecule has 3 heterocycles. The van der Waals surface area contributed by atoms with Crippen LogP contribution in [0.25, 0.3) is 0 Å². The molecule has 21 heavy (non-hydrogen) atoms. The first kappa shape index (κ1) is 12.8. The summed E-state index contributed by atoms with van der Waals surface area (Å²) in [6.45, 7) is 1.65. The van der Waals surface area contributed by atoms with Crippen molar-refractivity contribution in [3.05, 3.63) is 41.5 Å². The Hall–Kier alpha value is -1.88. The third kappa shape index (κ3) is 2.53. The van der Waals surface area contributed by atoms with Crippen LogP contribution < -0.4 is 10.1 Å². The maximum Gasteiger partial charge on any atom is 0.243 e. The van der Waals surface area contributed by atoms with Gasteiger partial charge in [0.1, 0.15) is 5.75 Å². The maximum absolute atomic E-state index is 5.81. The van der Waals surface area contributed by atoms with E-state index in [1.165, 1.54) is 18.4 Å². The van der Waals surface area contributed by atoms with Crippen molar-refractivity contribution in [2.45, 2.75) is 37.6 Å². The molecule has 5 heteroatoms. The second-order valence-corrected chi connectivity index (χ2v) is 5.81. The van der Waals surface area contributed by atoms with Crippen molar-refractivity contribution in [1.29, 1.82) is 0 Å². The fourth-order valence-electron chi connectivity index (χ4n) is 3.11. The van der Waals surface area contributed by atoms with Crippen LogP contribution in [0.2, 0.25) is 0 Å². The van der Waals surface area contributed by atoms with Gasteiger partial charge in [0.2, 0.25) is 5.89 Å². The van der Waals surface area contributed by atoms with Crippen molar-refractivity contribution in [2.75, 3.05) is 13.2 Å². The molecule has 4 rings (SSSR count). The number of piperidine rings is 1. The van der Waals surface area contributed by atoms with Crippen molar-refractivity contribution >= 4 is 0 Å². The van der Waals surface area contributed by atoms with Crippen LogP contribution in [-0.2, 0) is 6.42 Å². The van der Waals surface area contributed by atoms with E-state index in [9.17, 15) is 0 Å². The molecule has 0 aliphatic carbocycles. The minimum absolute atomic E-state index is 0.181. The molecule has 110 valence electrons. The van der Waals surface area contributed by atoms with Gasteiger partial charge in [-0.15, -0.1) is 0 Å². The normalized spacial score (nSPS) is 25.1. The van der Waals surface area contributed by atoms with Gasteiger partial charge in [-0.2, -0.15) is 4.98 Å². The summed E-state index contributed by atoms with van der Waals surface area (Å²) in [4.78, 5) is 4.61. The van der Waals surface area contributed by atoms with E-state index in [-0.39, 0.29) is 12.0 Å². The molecule has 0 radical (unpaired) electrons. The average Bonchev–Trinajstić information content (AvgIpc) is 3.05. The number of ether oxygens (including phenoxy) is 1. The van der Waals surface area contributed by atoms with E-state index in [0.29, 0.717) is 6.61 Å². The molecule has 1 fully saturated rings. The molecule has 1 saturated heterocycles. The van der Waals surface area contributed by atoms with Gasteiger partial charge in [0.05, 0.1) is 18.6 Å². The molecule has 5 nitrogen and oxygen atoms in total. The van der Waals surface area contributed by atoms with E-state index in [2.05, 4.69) is 21.5 Å². The highest BCUT2D eigenvalue weighted by Crippen LogP contribution is 2.31. The third-order valence-corrected chi connectivity index (χ3v) is 4.31. The predicted octanol–water partition coefficient (Wildman–Crippen LogP) is 2.60. The predicted molar refractivity (Wildman–Crippen MR) is 77.3 cm³/mol. The minimum atomic E-state index is 0.181. The summed E-state index contributed by atoms with van der Waals surface area (Å²) in [5.41, 5.74) is 1.22. The van der Waals surface area contributed by atoms with E-state index in [4.69, 9.17) is 9.26 Å². The zero-order valence-electron chi connectivity index (χ0n) is 11.9. The molecular formula is C16H19N3O2. The highest BCUT2D eigenvalue weighted by Gasteiger charge is 2.27. The van der Waals surface area contributed by atoms with Crippen LogP contribution >= 0.6 is 0 Å². The standard InChI is InChI=1S/C16H19N3O2/c1-2-7-14-11(5-1)9-12(10-20-14)15-18-16(21-19-15)13-6-3-4-8-17-13/h1-2,5,7,12-13,17H,3-4,6,8-10H2. The van der Waals surface area contributed by atoms with Gasteiger partial charge in [-0.1, -0.05) is 29.8 Å². The molecule has 1 N–H and O–H groups in total. The number of fused-ring (bicyclic) bond motifs is 1. The quantitative estimate of drug-likeness (QED) is 0.919. The van der Waals surface area contributed by atoms with Crippen LogP contribution in [0.5, 0.6) is 5.75 Å². The largest absolute Gasteiger partial charge is 0.493 e. The topological polar surface area (TPSA) is 60.2 Å². The highest BCUT2D eigenvalue weighted by atomic mass is 16.5. The number of hydrogen-bond donors (Lipinski definition) is 1. The molecule has 2 aliphatic heterocycles. The van der Waals surface area contributed by atoms with E-state index < -0.39 is 0 Å². The smallest absolute Gasteiger partial charge is 0.243 e. The van der Waals surface area contributed by atoms with Crippen molar-refractivity contribution < 1.29 is 9.26 Å². The number of benzene rings is 1. The Balaban J connectivity index is 1.51. The maximum atomic E-state index is 5.81. The number of hydrogen-bond acceptors (Lipinski definition) is 5. The molecule has 0 saturated carbocycles. The minimum Gasteiger partial charge on any atom is -0.493 e. The highest BCUT2D eigenvalue weighted by molar-refractivity contribution is 5.36. The van der Waals surface area contributed by atoms with E-state index in [1.807, 2.05) is 18.2 Å². The van der Waals surface area contributed by atoms with E-state index >= 15 is 0 Å². The van der Waals surface area contributed by atoms with Gasteiger partial charge in [-0.05, 0) is 37.4 Å². The summed E-state index contributed by atoms with van der Waals surface area (Å²) in [7, 11) is 0. The van der Waals surface area contributed by atoms with Gasteiger partial charge in [-0.25, -0.2) is 0 Å². The van der Waals surface area contributed by atoms with Crippen LogP contribution in [0.1, 0.15) is 48.5 Å². The number of aromatic nitrogens is 2. The molecular weight excluding hydrogens is 266 g/mol. The van der Waals surface area contributed by atoms with E-state index in [1.54, 1.807) is 0 Å². The fourth-order valence-corrected chi connectivity index (χ4v) is 3.11. The summed E-state index contributed by atoms with van der Waals surface area (Å²) >= 11 is 0. The first-order valence-corrected chi connectivity index (χ1v) is 7.68. The molecule has 2 aromatic rings. The zero-order valence-corrected chi connectivity index (χ0v) is 11.9. The lowest BCUT2D eigenvalue weighted by atomic mass is 9.96. The molecule has 0 amide bonds. The Bertz CT molecular complexity index is 619. The summed E-state index contributed by atoms with van der Waals surface area (Å²) in [5, 5.41) is 7.62. The SMILES string of the molecule is c1ccc2c(c1)CC(c1noc(C3CCCCN3)n1)CO2.